The number of hydrogen-bond acceptors (Lipinski definition) is 3. The van der Waals surface area contributed by atoms with Gasteiger partial charge >= 0.3 is 0 Å². The Labute approximate surface area is 87.4 Å². The molecule has 14 heavy (non-hydrogen) atoms. The lowest BCUT2D eigenvalue weighted by Crippen LogP contribution is -2.43. The van der Waals surface area contributed by atoms with Gasteiger partial charge in [0.05, 0.1) is 6.04 Å². The number of carbonyl (C=O) groups excluding carboxylic acids is 1. The first-order valence-corrected chi connectivity index (χ1v) is 5.48. The Morgan fingerprint density at radius 3 is 2.21 bits per heavy atom. The van der Waals surface area contributed by atoms with Crippen LogP contribution in [0.5, 0.6) is 0 Å². The van der Waals surface area contributed by atoms with Gasteiger partial charge in [0.25, 0.3) is 0 Å². The van der Waals surface area contributed by atoms with Crippen LogP contribution in [-0.4, -0.2) is 24.4 Å². The SMILES string of the molecule is CC(C)N[C@@H](CCCN)C(=O)C(C)C. The molecule has 0 aliphatic carbocycles. The van der Waals surface area contributed by atoms with Crippen molar-refractivity contribution in [3.63, 3.8) is 0 Å². The summed E-state index contributed by atoms with van der Waals surface area (Å²) in [5, 5.41) is 3.29. The topological polar surface area (TPSA) is 55.1 Å². The standard InChI is InChI=1S/C11H24N2O/c1-8(2)11(14)10(6-5-7-12)13-9(3)4/h8-10,13H,5-7,12H2,1-4H3/t10-/m0/s1. The maximum Gasteiger partial charge on any atom is 0.152 e. The number of ketones is 1. The van der Waals surface area contributed by atoms with Crippen molar-refractivity contribution < 1.29 is 4.79 Å². The highest BCUT2D eigenvalue weighted by Gasteiger charge is 2.20. The van der Waals surface area contributed by atoms with Crippen LogP contribution in [0.2, 0.25) is 0 Å². The van der Waals surface area contributed by atoms with Gasteiger partial charge in [0, 0.05) is 12.0 Å². The van der Waals surface area contributed by atoms with E-state index in [1.165, 1.54) is 0 Å². The number of nitrogens with one attached hydrogen (secondary N) is 1. The molecule has 84 valence electrons. The number of nitrogens with two attached hydrogens (primary N) is 1. The van der Waals surface area contributed by atoms with Crippen molar-refractivity contribution in [1.29, 1.82) is 0 Å². The molecule has 0 aromatic rings. The molecule has 0 radical (unpaired) electrons. The largest absolute Gasteiger partial charge is 0.330 e. The summed E-state index contributed by atoms with van der Waals surface area (Å²) in [6.45, 7) is 8.66. The Morgan fingerprint density at radius 1 is 1.29 bits per heavy atom. The zero-order valence-electron chi connectivity index (χ0n) is 9.84. The van der Waals surface area contributed by atoms with E-state index in [9.17, 15) is 4.79 Å². The third-order valence-corrected chi connectivity index (χ3v) is 2.14. The Bertz CT molecular complexity index is 167. The van der Waals surface area contributed by atoms with Crippen molar-refractivity contribution in [2.45, 2.75) is 52.6 Å². The van der Waals surface area contributed by atoms with Crippen LogP contribution in [0.25, 0.3) is 0 Å². The van der Waals surface area contributed by atoms with E-state index < -0.39 is 0 Å². The highest BCUT2D eigenvalue weighted by atomic mass is 16.1. The lowest BCUT2D eigenvalue weighted by atomic mass is 9.97. The Morgan fingerprint density at radius 2 is 1.86 bits per heavy atom. The quantitative estimate of drug-likeness (QED) is 0.651. The van der Waals surface area contributed by atoms with E-state index in [1.54, 1.807) is 0 Å². The normalized spacial score (nSPS) is 13.6. The lowest BCUT2D eigenvalue weighted by molar-refractivity contribution is -0.124. The minimum absolute atomic E-state index is 0.0152. The van der Waals surface area contributed by atoms with Crippen LogP contribution in [0, 0.1) is 5.92 Å². The molecule has 0 unspecified atom stereocenters. The molecule has 0 aliphatic heterocycles. The van der Waals surface area contributed by atoms with Crippen LogP contribution < -0.4 is 11.1 Å². The van der Waals surface area contributed by atoms with E-state index >= 15 is 0 Å². The van der Waals surface area contributed by atoms with E-state index in [1.807, 2.05) is 13.8 Å². The lowest BCUT2D eigenvalue weighted by Gasteiger charge is -2.21. The molecular weight excluding hydrogens is 176 g/mol. The predicted octanol–water partition coefficient (Wildman–Crippen LogP) is 1.32. The van der Waals surface area contributed by atoms with Crippen LogP contribution in [0.3, 0.4) is 0 Å². The van der Waals surface area contributed by atoms with E-state index in [0.717, 1.165) is 12.8 Å². The van der Waals surface area contributed by atoms with Crippen LogP contribution in [0.1, 0.15) is 40.5 Å². The van der Waals surface area contributed by atoms with Gasteiger partial charge in [0.2, 0.25) is 0 Å². The number of hydrogen-bond donors (Lipinski definition) is 2. The zero-order valence-corrected chi connectivity index (χ0v) is 9.84. The van der Waals surface area contributed by atoms with E-state index in [2.05, 4.69) is 19.2 Å². The van der Waals surface area contributed by atoms with Crippen molar-refractivity contribution in [2.75, 3.05) is 6.54 Å². The van der Waals surface area contributed by atoms with Crippen molar-refractivity contribution in [1.82, 2.24) is 5.32 Å². The fraction of sp³-hybridized carbons (Fsp3) is 0.909. The summed E-state index contributed by atoms with van der Waals surface area (Å²) in [5.41, 5.74) is 5.44. The molecule has 0 fully saturated rings. The molecule has 0 spiro atoms. The minimum atomic E-state index is -0.0152. The van der Waals surface area contributed by atoms with Crippen molar-refractivity contribution >= 4 is 5.78 Å². The molecule has 3 N–H and O–H groups in total. The van der Waals surface area contributed by atoms with Gasteiger partial charge in [0.15, 0.2) is 5.78 Å². The third kappa shape index (κ3) is 5.35. The van der Waals surface area contributed by atoms with Crippen LogP contribution in [0.15, 0.2) is 0 Å². The fourth-order valence-corrected chi connectivity index (χ4v) is 1.43. The molecule has 1 atom stereocenters. The molecule has 3 nitrogen and oxygen atoms in total. The van der Waals surface area contributed by atoms with E-state index in [0.29, 0.717) is 18.4 Å². The summed E-state index contributed by atoms with van der Waals surface area (Å²) >= 11 is 0. The van der Waals surface area contributed by atoms with Crippen molar-refractivity contribution in [3.05, 3.63) is 0 Å². The fourth-order valence-electron chi connectivity index (χ4n) is 1.43. The summed E-state index contributed by atoms with van der Waals surface area (Å²) in [6.07, 6.45) is 1.76. The molecule has 0 aromatic carbocycles. The summed E-state index contributed by atoms with van der Waals surface area (Å²) in [4.78, 5) is 11.8. The molecular formula is C11H24N2O. The minimum Gasteiger partial charge on any atom is -0.330 e. The van der Waals surface area contributed by atoms with Gasteiger partial charge in [-0.05, 0) is 19.4 Å². The van der Waals surface area contributed by atoms with Crippen LogP contribution in [-0.2, 0) is 4.79 Å². The molecule has 0 bridgehead atoms. The maximum atomic E-state index is 11.8. The number of Topliss-reactive ketones (excluding diaryl/α,β-unsaturated/α-hetero) is 1. The van der Waals surface area contributed by atoms with E-state index in [-0.39, 0.29) is 12.0 Å². The third-order valence-electron chi connectivity index (χ3n) is 2.14. The number of carbonyl (C=O) groups is 1. The van der Waals surface area contributed by atoms with Gasteiger partial charge < -0.3 is 11.1 Å². The maximum absolute atomic E-state index is 11.8. The van der Waals surface area contributed by atoms with Crippen LogP contribution >= 0.6 is 0 Å². The van der Waals surface area contributed by atoms with Crippen molar-refractivity contribution in [3.8, 4) is 0 Å². The van der Waals surface area contributed by atoms with E-state index in [4.69, 9.17) is 5.73 Å². The summed E-state index contributed by atoms with van der Waals surface area (Å²) in [6, 6.07) is 0.332. The summed E-state index contributed by atoms with van der Waals surface area (Å²) in [7, 11) is 0. The van der Waals surface area contributed by atoms with Gasteiger partial charge in [-0.25, -0.2) is 0 Å². The smallest absolute Gasteiger partial charge is 0.152 e. The highest BCUT2D eigenvalue weighted by Crippen LogP contribution is 2.06. The number of rotatable bonds is 7. The average molecular weight is 200 g/mol. The average Bonchev–Trinajstić information content (AvgIpc) is 2.10. The second kappa shape index (κ2) is 6.96. The van der Waals surface area contributed by atoms with Gasteiger partial charge in [-0.1, -0.05) is 27.7 Å². The highest BCUT2D eigenvalue weighted by molar-refractivity contribution is 5.85. The Kier molecular flexibility index (Phi) is 6.75. The monoisotopic (exact) mass is 200 g/mol. The first kappa shape index (κ1) is 13.6. The Hall–Kier alpha value is -0.410. The molecule has 0 saturated heterocycles. The first-order chi connectivity index (χ1) is 6.49. The Balaban J connectivity index is 4.15. The van der Waals surface area contributed by atoms with Gasteiger partial charge in [-0.15, -0.1) is 0 Å². The second-order valence-electron chi connectivity index (χ2n) is 4.36. The van der Waals surface area contributed by atoms with Gasteiger partial charge in [-0.3, -0.25) is 4.79 Å². The summed E-state index contributed by atoms with van der Waals surface area (Å²) in [5.74, 6) is 0.399. The van der Waals surface area contributed by atoms with Gasteiger partial charge in [0.1, 0.15) is 0 Å². The molecule has 0 amide bonds. The predicted molar refractivity (Wildman–Crippen MR) is 60.2 cm³/mol. The van der Waals surface area contributed by atoms with Gasteiger partial charge in [-0.2, -0.15) is 0 Å². The zero-order chi connectivity index (χ0) is 11.1. The van der Waals surface area contributed by atoms with Crippen LogP contribution in [0.4, 0.5) is 0 Å². The molecule has 0 heterocycles. The molecule has 3 heteroatoms. The first-order valence-electron chi connectivity index (χ1n) is 5.48. The molecule has 0 aromatic heterocycles. The second-order valence-corrected chi connectivity index (χ2v) is 4.36. The summed E-state index contributed by atoms with van der Waals surface area (Å²) < 4.78 is 0. The van der Waals surface area contributed by atoms with Crippen molar-refractivity contribution in [2.24, 2.45) is 11.7 Å². The molecule has 0 saturated carbocycles. The molecule has 0 rings (SSSR count). The molecule has 0 aliphatic rings.